The minimum absolute atomic E-state index is 0.0255. The van der Waals surface area contributed by atoms with Gasteiger partial charge in [-0.1, -0.05) is 6.92 Å². The summed E-state index contributed by atoms with van der Waals surface area (Å²) in [5.41, 5.74) is 2.74. The van der Waals surface area contributed by atoms with Crippen molar-refractivity contribution < 1.29 is 4.79 Å². The molecule has 1 aliphatic rings. The minimum atomic E-state index is -0.174. The number of nitrogens with one attached hydrogen (secondary N) is 2. The summed E-state index contributed by atoms with van der Waals surface area (Å²) in [7, 11) is 0. The van der Waals surface area contributed by atoms with Crippen LogP contribution in [-0.4, -0.2) is 46.9 Å². The summed E-state index contributed by atoms with van der Waals surface area (Å²) >= 11 is 0. The fourth-order valence-electron chi connectivity index (χ4n) is 2.79. The van der Waals surface area contributed by atoms with E-state index in [0.717, 1.165) is 43.2 Å². The first-order valence-corrected chi connectivity index (χ1v) is 8.33. The van der Waals surface area contributed by atoms with Crippen LogP contribution in [0, 0.1) is 12.8 Å². The van der Waals surface area contributed by atoms with Crippen LogP contribution in [0.4, 0.5) is 11.4 Å². The Kier molecular flexibility index (Phi) is 5.10. The number of carbonyl (C=O) groups excluding carboxylic acids is 1. The van der Waals surface area contributed by atoms with Crippen LogP contribution in [0.25, 0.3) is 0 Å². The molecular formula is C17H24N6O. The van der Waals surface area contributed by atoms with Crippen LogP contribution < -0.4 is 15.5 Å². The molecule has 2 aromatic heterocycles. The molecule has 0 aromatic carbocycles. The Bertz CT molecular complexity index is 692. The first kappa shape index (κ1) is 16.4. The standard InChI is InChI=1S/C17H24N6O/c1-13(12-23-6-3-14(2)21-23)17(24)20-15-9-16(11-19-10-15)22-7-4-18-5-8-22/h3,6,9-11,13,18H,4-5,7-8,12H2,1-2H3,(H,20,24). The molecule has 0 bridgehead atoms. The third kappa shape index (κ3) is 4.11. The van der Waals surface area contributed by atoms with Crippen LogP contribution >= 0.6 is 0 Å². The lowest BCUT2D eigenvalue weighted by Gasteiger charge is -2.29. The molecule has 0 radical (unpaired) electrons. The van der Waals surface area contributed by atoms with Crippen LogP contribution in [0.5, 0.6) is 0 Å². The van der Waals surface area contributed by atoms with Gasteiger partial charge >= 0.3 is 0 Å². The van der Waals surface area contributed by atoms with Crippen molar-refractivity contribution in [3.63, 3.8) is 0 Å². The van der Waals surface area contributed by atoms with Crippen molar-refractivity contribution in [3.8, 4) is 0 Å². The van der Waals surface area contributed by atoms with Gasteiger partial charge in [-0.15, -0.1) is 0 Å². The smallest absolute Gasteiger partial charge is 0.229 e. The molecule has 1 aliphatic heterocycles. The average Bonchev–Trinajstić information content (AvgIpc) is 3.00. The second kappa shape index (κ2) is 7.44. The van der Waals surface area contributed by atoms with Crippen molar-refractivity contribution in [2.75, 3.05) is 36.4 Å². The summed E-state index contributed by atoms with van der Waals surface area (Å²) in [6.07, 6.45) is 5.43. The van der Waals surface area contributed by atoms with E-state index in [0.29, 0.717) is 6.54 Å². The molecule has 3 heterocycles. The lowest BCUT2D eigenvalue weighted by Crippen LogP contribution is -2.43. The van der Waals surface area contributed by atoms with Crippen molar-refractivity contribution in [3.05, 3.63) is 36.4 Å². The fourth-order valence-corrected chi connectivity index (χ4v) is 2.79. The van der Waals surface area contributed by atoms with Crippen molar-refractivity contribution >= 4 is 17.3 Å². The average molecular weight is 328 g/mol. The molecule has 24 heavy (non-hydrogen) atoms. The highest BCUT2D eigenvalue weighted by molar-refractivity contribution is 5.92. The van der Waals surface area contributed by atoms with E-state index in [1.807, 2.05) is 38.4 Å². The fraction of sp³-hybridized carbons (Fsp3) is 0.471. The molecule has 0 saturated carbocycles. The number of aromatic nitrogens is 3. The molecule has 0 aliphatic carbocycles. The number of hydrogen-bond donors (Lipinski definition) is 2. The summed E-state index contributed by atoms with van der Waals surface area (Å²) in [6.45, 7) is 8.25. The maximum Gasteiger partial charge on any atom is 0.229 e. The Morgan fingerprint density at radius 1 is 1.38 bits per heavy atom. The molecule has 2 aromatic rings. The predicted octanol–water partition coefficient (Wildman–Crippen LogP) is 1.27. The number of anilines is 2. The predicted molar refractivity (Wildman–Crippen MR) is 94.1 cm³/mol. The van der Waals surface area contributed by atoms with Crippen molar-refractivity contribution in [1.82, 2.24) is 20.1 Å². The van der Waals surface area contributed by atoms with Gasteiger partial charge in [-0.25, -0.2) is 0 Å². The zero-order chi connectivity index (χ0) is 16.9. The van der Waals surface area contributed by atoms with Gasteiger partial charge in [-0.2, -0.15) is 5.10 Å². The van der Waals surface area contributed by atoms with E-state index in [-0.39, 0.29) is 11.8 Å². The molecule has 1 saturated heterocycles. The molecule has 7 heteroatoms. The van der Waals surface area contributed by atoms with E-state index in [1.165, 1.54) is 0 Å². The lowest BCUT2D eigenvalue weighted by molar-refractivity contribution is -0.119. The zero-order valence-corrected chi connectivity index (χ0v) is 14.2. The van der Waals surface area contributed by atoms with Crippen LogP contribution in [-0.2, 0) is 11.3 Å². The Hall–Kier alpha value is -2.41. The normalized spacial score (nSPS) is 16.0. The molecule has 128 valence electrons. The number of nitrogens with zero attached hydrogens (tertiary/aromatic N) is 4. The molecule has 2 N–H and O–H groups in total. The first-order chi connectivity index (χ1) is 11.6. The monoisotopic (exact) mass is 328 g/mol. The third-order valence-corrected chi connectivity index (χ3v) is 4.16. The minimum Gasteiger partial charge on any atom is -0.368 e. The SMILES string of the molecule is Cc1ccn(CC(C)C(=O)Nc2cncc(N3CCNCC3)c2)n1. The number of rotatable bonds is 5. The Labute approximate surface area is 142 Å². The Balaban J connectivity index is 1.61. The van der Waals surface area contributed by atoms with Crippen LogP contribution in [0.15, 0.2) is 30.7 Å². The highest BCUT2D eigenvalue weighted by Gasteiger charge is 2.16. The van der Waals surface area contributed by atoms with Gasteiger partial charge in [0.05, 0.1) is 41.9 Å². The zero-order valence-electron chi connectivity index (χ0n) is 14.2. The second-order valence-corrected chi connectivity index (χ2v) is 6.24. The molecule has 1 unspecified atom stereocenters. The van der Waals surface area contributed by atoms with Gasteiger partial charge in [0.2, 0.25) is 5.91 Å². The molecule has 3 rings (SSSR count). The van der Waals surface area contributed by atoms with Gasteiger partial charge in [0.15, 0.2) is 0 Å². The number of amides is 1. The van der Waals surface area contributed by atoms with E-state index in [9.17, 15) is 4.79 Å². The van der Waals surface area contributed by atoms with Crippen LogP contribution in [0.3, 0.4) is 0 Å². The summed E-state index contributed by atoms with van der Waals surface area (Å²) in [4.78, 5) is 18.9. The maximum absolute atomic E-state index is 12.4. The number of piperazine rings is 1. The van der Waals surface area contributed by atoms with Gasteiger partial charge in [-0.05, 0) is 19.1 Å². The van der Waals surface area contributed by atoms with Gasteiger partial charge < -0.3 is 15.5 Å². The van der Waals surface area contributed by atoms with Gasteiger partial charge in [-0.3, -0.25) is 14.5 Å². The van der Waals surface area contributed by atoms with Crippen molar-refractivity contribution in [1.29, 1.82) is 0 Å². The number of hydrogen-bond acceptors (Lipinski definition) is 5. The van der Waals surface area contributed by atoms with E-state index in [4.69, 9.17) is 0 Å². The summed E-state index contributed by atoms with van der Waals surface area (Å²) in [6, 6.07) is 3.92. The molecule has 1 fully saturated rings. The quantitative estimate of drug-likeness (QED) is 0.864. The second-order valence-electron chi connectivity index (χ2n) is 6.24. The van der Waals surface area contributed by atoms with E-state index in [1.54, 1.807) is 10.9 Å². The topological polar surface area (TPSA) is 75.1 Å². The van der Waals surface area contributed by atoms with Gasteiger partial charge in [0, 0.05) is 32.4 Å². The van der Waals surface area contributed by atoms with E-state index >= 15 is 0 Å². The van der Waals surface area contributed by atoms with Crippen LogP contribution in [0.1, 0.15) is 12.6 Å². The summed E-state index contributed by atoms with van der Waals surface area (Å²) < 4.78 is 1.80. The van der Waals surface area contributed by atoms with Crippen LogP contribution in [0.2, 0.25) is 0 Å². The van der Waals surface area contributed by atoms with E-state index < -0.39 is 0 Å². The van der Waals surface area contributed by atoms with Crippen molar-refractivity contribution in [2.45, 2.75) is 20.4 Å². The summed E-state index contributed by atoms with van der Waals surface area (Å²) in [5, 5.41) is 10.6. The van der Waals surface area contributed by atoms with E-state index in [2.05, 4.69) is 25.6 Å². The van der Waals surface area contributed by atoms with Gasteiger partial charge in [0.1, 0.15) is 0 Å². The van der Waals surface area contributed by atoms with Crippen molar-refractivity contribution in [2.24, 2.45) is 5.92 Å². The number of carbonyl (C=O) groups is 1. The van der Waals surface area contributed by atoms with Gasteiger partial charge in [0.25, 0.3) is 0 Å². The number of aryl methyl sites for hydroxylation is 1. The summed E-state index contributed by atoms with van der Waals surface area (Å²) in [5.74, 6) is -0.199. The Morgan fingerprint density at radius 2 is 2.17 bits per heavy atom. The largest absolute Gasteiger partial charge is 0.368 e. The Morgan fingerprint density at radius 3 is 2.88 bits per heavy atom. The number of pyridine rings is 1. The third-order valence-electron chi connectivity index (χ3n) is 4.16. The maximum atomic E-state index is 12.4. The first-order valence-electron chi connectivity index (χ1n) is 8.33. The highest BCUT2D eigenvalue weighted by Crippen LogP contribution is 2.19. The molecular weight excluding hydrogens is 304 g/mol. The molecule has 1 amide bonds. The highest BCUT2D eigenvalue weighted by atomic mass is 16.1. The lowest BCUT2D eigenvalue weighted by atomic mass is 10.1. The molecule has 7 nitrogen and oxygen atoms in total. The molecule has 1 atom stereocenters. The molecule has 0 spiro atoms.